The van der Waals surface area contributed by atoms with E-state index in [-0.39, 0.29) is 12.0 Å². The molecule has 0 saturated carbocycles. The number of hydrogen-bond acceptors (Lipinski definition) is 5. The second-order valence-electron chi connectivity index (χ2n) is 7.53. The SMILES string of the molecule is CCNC(=NCc1cccc(NC(=O)C2CCCO2)c1)NCC(C)(O)c1ccsc1. The molecule has 1 aromatic heterocycles. The number of ether oxygens (including phenoxy) is 1. The topological polar surface area (TPSA) is 95.0 Å². The van der Waals surface area contributed by atoms with Crippen molar-refractivity contribution in [1.82, 2.24) is 10.6 Å². The lowest BCUT2D eigenvalue weighted by molar-refractivity contribution is -0.124. The smallest absolute Gasteiger partial charge is 0.253 e. The van der Waals surface area contributed by atoms with Gasteiger partial charge in [-0.1, -0.05) is 12.1 Å². The van der Waals surface area contributed by atoms with E-state index in [1.54, 1.807) is 18.3 Å². The first-order valence-corrected chi connectivity index (χ1v) is 11.2. The fourth-order valence-corrected chi connectivity index (χ4v) is 3.98. The van der Waals surface area contributed by atoms with Crippen LogP contribution in [0.2, 0.25) is 0 Å². The number of rotatable bonds is 8. The molecule has 2 unspecified atom stereocenters. The highest BCUT2D eigenvalue weighted by molar-refractivity contribution is 7.08. The molecule has 1 saturated heterocycles. The average Bonchev–Trinajstić information content (AvgIpc) is 3.45. The van der Waals surface area contributed by atoms with E-state index in [0.717, 1.165) is 29.7 Å². The van der Waals surface area contributed by atoms with E-state index in [1.807, 2.05) is 48.0 Å². The Kier molecular flexibility index (Phi) is 7.84. The molecular weight excluding hydrogens is 400 g/mol. The van der Waals surface area contributed by atoms with Gasteiger partial charge < -0.3 is 25.8 Å². The molecular formula is C22H30N4O3S. The van der Waals surface area contributed by atoms with Crippen LogP contribution in [0.4, 0.5) is 5.69 Å². The summed E-state index contributed by atoms with van der Waals surface area (Å²) in [4.78, 5) is 16.9. The van der Waals surface area contributed by atoms with Gasteiger partial charge in [-0.3, -0.25) is 4.79 Å². The Hall–Kier alpha value is -2.42. The van der Waals surface area contributed by atoms with Gasteiger partial charge in [0, 0.05) is 18.8 Å². The number of aliphatic imine (C=N–C) groups is 1. The largest absolute Gasteiger partial charge is 0.384 e. The average molecular weight is 431 g/mol. The van der Waals surface area contributed by atoms with E-state index >= 15 is 0 Å². The van der Waals surface area contributed by atoms with Crippen molar-refractivity contribution < 1.29 is 14.6 Å². The van der Waals surface area contributed by atoms with Crippen LogP contribution in [0.15, 0.2) is 46.1 Å². The highest BCUT2D eigenvalue weighted by Gasteiger charge is 2.24. The summed E-state index contributed by atoms with van der Waals surface area (Å²) in [5.74, 6) is 0.528. The molecule has 2 aromatic rings. The van der Waals surface area contributed by atoms with Crippen LogP contribution in [-0.2, 0) is 21.7 Å². The van der Waals surface area contributed by atoms with E-state index in [2.05, 4.69) is 20.9 Å². The van der Waals surface area contributed by atoms with E-state index in [1.165, 1.54) is 0 Å². The van der Waals surface area contributed by atoms with Crippen molar-refractivity contribution in [1.29, 1.82) is 0 Å². The molecule has 3 rings (SSSR count). The van der Waals surface area contributed by atoms with Crippen LogP contribution in [0.3, 0.4) is 0 Å². The zero-order chi connectivity index (χ0) is 21.4. The number of thiophene rings is 1. The summed E-state index contributed by atoms with van der Waals surface area (Å²) >= 11 is 1.56. The number of anilines is 1. The fourth-order valence-electron chi connectivity index (χ4n) is 3.20. The van der Waals surface area contributed by atoms with Crippen LogP contribution < -0.4 is 16.0 Å². The Morgan fingerprint density at radius 2 is 2.23 bits per heavy atom. The molecule has 2 atom stereocenters. The van der Waals surface area contributed by atoms with Crippen LogP contribution in [-0.4, -0.2) is 42.8 Å². The molecule has 1 amide bonds. The van der Waals surface area contributed by atoms with Crippen molar-refractivity contribution in [3.8, 4) is 0 Å². The van der Waals surface area contributed by atoms with Crippen LogP contribution in [0.1, 0.15) is 37.8 Å². The third kappa shape index (κ3) is 6.29. The molecule has 1 fully saturated rings. The van der Waals surface area contributed by atoms with E-state index in [4.69, 9.17) is 4.74 Å². The summed E-state index contributed by atoms with van der Waals surface area (Å²) in [7, 11) is 0. The quantitative estimate of drug-likeness (QED) is 0.382. The number of guanidine groups is 1. The van der Waals surface area contributed by atoms with Crippen molar-refractivity contribution in [3.05, 3.63) is 52.2 Å². The molecule has 0 radical (unpaired) electrons. The first kappa shape index (κ1) is 22.3. The molecule has 8 heteroatoms. The van der Waals surface area contributed by atoms with Crippen molar-refractivity contribution in [2.24, 2.45) is 4.99 Å². The van der Waals surface area contributed by atoms with Gasteiger partial charge in [0.1, 0.15) is 11.7 Å². The van der Waals surface area contributed by atoms with Gasteiger partial charge in [0.05, 0.1) is 13.1 Å². The van der Waals surface area contributed by atoms with Gasteiger partial charge in [0.25, 0.3) is 5.91 Å². The van der Waals surface area contributed by atoms with E-state index in [0.29, 0.717) is 32.2 Å². The minimum absolute atomic E-state index is 0.0983. The highest BCUT2D eigenvalue weighted by atomic mass is 32.1. The summed E-state index contributed by atoms with van der Waals surface area (Å²) in [5.41, 5.74) is 1.61. The Morgan fingerprint density at radius 1 is 1.37 bits per heavy atom. The molecule has 1 aromatic carbocycles. The van der Waals surface area contributed by atoms with Crippen molar-refractivity contribution in [2.45, 2.75) is 44.9 Å². The van der Waals surface area contributed by atoms with Crippen LogP contribution in [0.5, 0.6) is 0 Å². The molecule has 4 N–H and O–H groups in total. The minimum atomic E-state index is -0.983. The Bertz CT molecular complexity index is 846. The van der Waals surface area contributed by atoms with Gasteiger partial charge in [-0.2, -0.15) is 11.3 Å². The first-order valence-electron chi connectivity index (χ1n) is 10.3. The Balaban J connectivity index is 1.59. The number of carbonyl (C=O) groups excluding carboxylic acids is 1. The number of aliphatic hydroxyl groups is 1. The summed E-state index contributed by atoms with van der Waals surface area (Å²) in [6, 6.07) is 9.57. The Labute approximate surface area is 181 Å². The molecule has 1 aliphatic heterocycles. The maximum atomic E-state index is 12.2. The van der Waals surface area contributed by atoms with Crippen molar-refractivity contribution >= 4 is 28.9 Å². The lowest BCUT2D eigenvalue weighted by atomic mass is 9.99. The molecule has 0 spiro atoms. The standard InChI is InChI=1S/C22H30N4O3S/c1-3-23-21(25-15-22(2,28)17-9-11-30-14-17)24-13-16-6-4-7-18(12-16)26-20(27)19-8-5-10-29-19/h4,6-7,9,11-12,14,19,28H,3,5,8,10,13,15H2,1-2H3,(H,26,27)(H2,23,24,25). The lowest BCUT2D eigenvalue weighted by Gasteiger charge is -2.24. The van der Waals surface area contributed by atoms with Gasteiger partial charge in [-0.05, 0) is 66.8 Å². The summed E-state index contributed by atoms with van der Waals surface area (Å²) in [5, 5.41) is 23.9. The predicted octanol–water partition coefficient (Wildman–Crippen LogP) is 2.83. The monoisotopic (exact) mass is 430 g/mol. The normalized spacial score (nSPS) is 18.6. The fraction of sp³-hybridized carbons (Fsp3) is 0.455. The zero-order valence-electron chi connectivity index (χ0n) is 17.5. The number of amides is 1. The number of hydrogen-bond donors (Lipinski definition) is 4. The van der Waals surface area contributed by atoms with Crippen molar-refractivity contribution in [3.63, 3.8) is 0 Å². The van der Waals surface area contributed by atoms with E-state index in [9.17, 15) is 9.90 Å². The molecule has 1 aliphatic rings. The van der Waals surface area contributed by atoms with Gasteiger partial charge in [-0.15, -0.1) is 0 Å². The number of nitrogens with one attached hydrogen (secondary N) is 3. The molecule has 0 aliphatic carbocycles. The lowest BCUT2D eigenvalue weighted by Crippen LogP contribution is -2.44. The number of nitrogens with zero attached hydrogens (tertiary/aromatic N) is 1. The number of carbonyl (C=O) groups is 1. The van der Waals surface area contributed by atoms with Gasteiger partial charge in [-0.25, -0.2) is 4.99 Å². The third-order valence-corrected chi connectivity index (χ3v) is 5.61. The van der Waals surface area contributed by atoms with Gasteiger partial charge in [0.15, 0.2) is 5.96 Å². The third-order valence-electron chi connectivity index (χ3n) is 4.92. The van der Waals surface area contributed by atoms with E-state index < -0.39 is 5.60 Å². The summed E-state index contributed by atoms with van der Waals surface area (Å²) in [6.07, 6.45) is 1.34. The number of benzene rings is 1. The second-order valence-corrected chi connectivity index (χ2v) is 8.31. The maximum absolute atomic E-state index is 12.2. The first-order chi connectivity index (χ1) is 14.5. The summed E-state index contributed by atoms with van der Waals surface area (Å²) in [6.45, 7) is 5.92. The molecule has 162 valence electrons. The Morgan fingerprint density at radius 3 is 2.93 bits per heavy atom. The molecule has 2 heterocycles. The van der Waals surface area contributed by atoms with Gasteiger partial charge in [0.2, 0.25) is 0 Å². The second kappa shape index (κ2) is 10.6. The zero-order valence-corrected chi connectivity index (χ0v) is 18.3. The van der Waals surface area contributed by atoms with Crippen molar-refractivity contribution in [2.75, 3.05) is 25.0 Å². The minimum Gasteiger partial charge on any atom is -0.384 e. The van der Waals surface area contributed by atoms with Crippen LogP contribution in [0, 0.1) is 0 Å². The maximum Gasteiger partial charge on any atom is 0.253 e. The molecule has 30 heavy (non-hydrogen) atoms. The van der Waals surface area contributed by atoms with Crippen LogP contribution in [0.25, 0.3) is 0 Å². The highest BCUT2D eigenvalue weighted by Crippen LogP contribution is 2.22. The van der Waals surface area contributed by atoms with Crippen LogP contribution >= 0.6 is 11.3 Å². The summed E-state index contributed by atoms with van der Waals surface area (Å²) < 4.78 is 5.43. The van der Waals surface area contributed by atoms with Gasteiger partial charge >= 0.3 is 0 Å². The predicted molar refractivity (Wildman–Crippen MR) is 121 cm³/mol. The molecule has 7 nitrogen and oxygen atoms in total. The molecule has 0 bridgehead atoms.